The van der Waals surface area contributed by atoms with Gasteiger partial charge in [0.15, 0.2) is 0 Å². The summed E-state index contributed by atoms with van der Waals surface area (Å²) in [6.07, 6.45) is 4.32. The summed E-state index contributed by atoms with van der Waals surface area (Å²) in [5.41, 5.74) is 3.95. The van der Waals surface area contributed by atoms with Gasteiger partial charge in [-0.15, -0.1) is 0 Å². The summed E-state index contributed by atoms with van der Waals surface area (Å²) in [4.78, 5) is 29.3. The topological polar surface area (TPSA) is 91.6 Å². The third-order valence-corrected chi connectivity index (χ3v) is 8.96. The van der Waals surface area contributed by atoms with E-state index < -0.39 is 5.60 Å². The number of aromatic nitrogens is 4. The van der Waals surface area contributed by atoms with Crippen molar-refractivity contribution in [3.63, 3.8) is 0 Å². The lowest BCUT2D eigenvalue weighted by molar-refractivity contribution is -0.0592. The number of piperidine rings is 1. The van der Waals surface area contributed by atoms with Crippen molar-refractivity contribution in [2.75, 3.05) is 19.7 Å². The molecule has 2 aliphatic rings. The number of hydrogen-bond donors (Lipinski definition) is 0. The SMILES string of the molecule is CC(C)(C)OC(=O)c1ccc2nc(CN3CCC(c4cccc(OCc5c(F)cnc6ccccc56)n4)CC3)n(C[C@@H]3CCO3)c2c1. The molecule has 0 spiro atoms. The van der Waals surface area contributed by atoms with Crippen LogP contribution in [0.1, 0.15) is 73.4 Å². The molecule has 244 valence electrons. The van der Waals surface area contributed by atoms with Crippen LogP contribution in [0, 0.1) is 5.82 Å². The van der Waals surface area contributed by atoms with Gasteiger partial charge in [0.1, 0.15) is 23.8 Å². The number of likely N-dealkylation sites (tertiary alicyclic amines) is 1. The third-order valence-electron chi connectivity index (χ3n) is 8.96. The van der Waals surface area contributed by atoms with E-state index in [1.165, 1.54) is 6.20 Å². The van der Waals surface area contributed by atoms with Crippen LogP contribution >= 0.6 is 0 Å². The van der Waals surface area contributed by atoms with E-state index in [1.807, 2.05) is 69.3 Å². The molecule has 10 heteroatoms. The number of benzene rings is 2. The van der Waals surface area contributed by atoms with Crippen molar-refractivity contribution in [2.45, 2.75) is 77.4 Å². The first-order valence-corrected chi connectivity index (χ1v) is 16.4. The molecule has 3 aromatic heterocycles. The highest BCUT2D eigenvalue weighted by Crippen LogP contribution is 2.30. The summed E-state index contributed by atoms with van der Waals surface area (Å²) in [6, 6.07) is 18.9. The van der Waals surface area contributed by atoms with Crippen molar-refractivity contribution in [3.8, 4) is 5.88 Å². The molecular weight excluding hydrogens is 597 g/mol. The van der Waals surface area contributed by atoms with Gasteiger partial charge in [-0.1, -0.05) is 24.3 Å². The second-order valence-corrected chi connectivity index (χ2v) is 13.5. The molecular formula is C37H40FN5O4. The van der Waals surface area contributed by atoms with Crippen LogP contribution in [0.4, 0.5) is 4.39 Å². The van der Waals surface area contributed by atoms with Gasteiger partial charge in [0.2, 0.25) is 5.88 Å². The Bertz CT molecular complexity index is 1910. The molecule has 2 saturated heterocycles. The van der Waals surface area contributed by atoms with Crippen molar-refractivity contribution >= 4 is 27.9 Å². The van der Waals surface area contributed by atoms with E-state index in [-0.39, 0.29) is 24.5 Å². The van der Waals surface area contributed by atoms with E-state index in [0.29, 0.717) is 36.0 Å². The molecule has 0 unspecified atom stereocenters. The first-order valence-electron chi connectivity index (χ1n) is 16.4. The van der Waals surface area contributed by atoms with Crippen LogP contribution in [0.25, 0.3) is 21.9 Å². The Morgan fingerprint density at radius 2 is 1.81 bits per heavy atom. The number of hydrogen-bond acceptors (Lipinski definition) is 8. The van der Waals surface area contributed by atoms with E-state index in [2.05, 4.69) is 20.5 Å². The van der Waals surface area contributed by atoms with E-state index in [9.17, 15) is 9.18 Å². The van der Waals surface area contributed by atoms with Gasteiger partial charge in [0, 0.05) is 35.2 Å². The molecule has 47 heavy (non-hydrogen) atoms. The maximum atomic E-state index is 14.7. The van der Waals surface area contributed by atoms with Gasteiger partial charge < -0.3 is 18.8 Å². The van der Waals surface area contributed by atoms with E-state index in [1.54, 1.807) is 6.07 Å². The van der Waals surface area contributed by atoms with Crippen LogP contribution in [-0.4, -0.2) is 61.8 Å². The fraction of sp³-hybridized carbons (Fsp3) is 0.405. The van der Waals surface area contributed by atoms with Gasteiger partial charge in [-0.25, -0.2) is 19.2 Å². The van der Waals surface area contributed by atoms with Gasteiger partial charge in [0.05, 0.1) is 47.5 Å². The largest absolute Gasteiger partial charge is 0.473 e. The van der Waals surface area contributed by atoms with Crippen LogP contribution in [-0.2, 0) is 29.2 Å². The minimum Gasteiger partial charge on any atom is -0.473 e. The molecule has 2 aromatic carbocycles. The van der Waals surface area contributed by atoms with Crippen LogP contribution in [0.3, 0.4) is 0 Å². The highest BCUT2D eigenvalue weighted by atomic mass is 19.1. The zero-order valence-electron chi connectivity index (χ0n) is 27.1. The molecule has 0 saturated carbocycles. The van der Waals surface area contributed by atoms with Crippen LogP contribution in [0.2, 0.25) is 0 Å². The molecule has 5 aromatic rings. The average Bonchev–Trinajstić information content (AvgIpc) is 3.37. The number of ether oxygens (including phenoxy) is 3. The summed E-state index contributed by atoms with van der Waals surface area (Å²) in [5.74, 6) is 1.04. The minimum absolute atomic E-state index is 0.0793. The van der Waals surface area contributed by atoms with Crippen molar-refractivity contribution in [3.05, 3.63) is 95.3 Å². The number of rotatable bonds is 9. The van der Waals surface area contributed by atoms with Crippen molar-refractivity contribution < 1.29 is 23.4 Å². The monoisotopic (exact) mass is 637 g/mol. The van der Waals surface area contributed by atoms with Gasteiger partial charge in [0.25, 0.3) is 0 Å². The van der Waals surface area contributed by atoms with Crippen LogP contribution in [0.5, 0.6) is 5.88 Å². The Morgan fingerprint density at radius 3 is 2.57 bits per heavy atom. The Balaban J connectivity index is 1.02. The molecule has 9 nitrogen and oxygen atoms in total. The number of nitrogens with zero attached hydrogens (tertiary/aromatic N) is 5. The Hall–Kier alpha value is -4.41. The standard InChI is InChI=1S/C37H40FN5O4/c1-37(2,3)47-36(44)25-11-12-32-33(19-25)43(21-26-15-18-45-26)34(40-32)22-42-16-13-24(14-17-42)30-9-6-10-35(41-30)46-23-28-27-7-4-5-8-31(27)39-20-29(28)38/h4-12,19-20,24,26H,13-18,21-23H2,1-3H3/t26-/m0/s1. The lowest BCUT2D eigenvalue weighted by Crippen LogP contribution is -2.35. The zero-order chi connectivity index (χ0) is 32.5. The fourth-order valence-corrected chi connectivity index (χ4v) is 6.39. The molecule has 2 fully saturated rings. The average molecular weight is 638 g/mol. The second kappa shape index (κ2) is 13.0. The van der Waals surface area contributed by atoms with Crippen LogP contribution in [0.15, 0.2) is 66.9 Å². The van der Waals surface area contributed by atoms with E-state index >= 15 is 0 Å². The number of imidazole rings is 1. The van der Waals surface area contributed by atoms with E-state index in [4.69, 9.17) is 24.2 Å². The smallest absolute Gasteiger partial charge is 0.338 e. The number of fused-ring (bicyclic) bond motifs is 2. The molecule has 0 amide bonds. The fourth-order valence-electron chi connectivity index (χ4n) is 6.39. The molecule has 2 aliphatic heterocycles. The maximum Gasteiger partial charge on any atom is 0.338 e. The lowest BCUT2D eigenvalue weighted by Gasteiger charge is -2.32. The normalized spacial score (nSPS) is 17.6. The first-order chi connectivity index (χ1) is 22.7. The Kier molecular flexibility index (Phi) is 8.63. The van der Waals surface area contributed by atoms with Crippen LogP contribution < -0.4 is 4.74 Å². The second-order valence-electron chi connectivity index (χ2n) is 13.5. The minimum atomic E-state index is -0.567. The number of pyridine rings is 2. The first kappa shape index (κ1) is 31.2. The summed E-state index contributed by atoms with van der Waals surface area (Å²) >= 11 is 0. The Morgan fingerprint density at radius 1 is 1.00 bits per heavy atom. The summed E-state index contributed by atoms with van der Waals surface area (Å²) in [5, 5.41) is 0.744. The summed E-state index contributed by atoms with van der Waals surface area (Å²) in [7, 11) is 0. The van der Waals surface area contributed by atoms with Crippen molar-refractivity contribution in [1.29, 1.82) is 0 Å². The number of carbonyl (C=O) groups is 1. The predicted octanol–water partition coefficient (Wildman–Crippen LogP) is 6.82. The summed E-state index contributed by atoms with van der Waals surface area (Å²) < 4.78 is 34.3. The molecule has 1 atom stereocenters. The Labute approximate surface area is 273 Å². The van der Waals surface area contributed by atoms with Gasteiger partial charge in [-0.3, -0.25) is 9.88 Å². The van der Waals surface area contributed by atoms with Crippen molar-refractivity contribution in [1.82, 2.24) is 24.4 Å². The predicted molar refractivity (Wildman–Crippen MR) is 177 cm³/mol. The lowest BCUT2D eigenvalue weighted by atomic mass is 9.93. The van der Waals surface area contributed by atoms with Gasteiger partial charge in [-0.05, 0) is 83.5 Å². The maximum absolute atomic E-state index is 14.7. The van der Waals surface area contributed by atoms with Crippen molar-refractivity contribution in [2.24, 2.45) is 0 Å². The molecule has 0 radical (unpaired) electrons. The molecule has 0 bridgehead atoms. The third kappa shape index (κ3) is 6.99. The number of esters is 1. The molecule has 0 N–H and O–H groups in total. The highest BCUT2D eigenvalue weighted by Gasteiger charge is 2.27. The number of carbonyl (C=O) groups excluding carboxylic acids is 1. The van der Waals surface area contributed by atoms with Gasteiger partial charge >= 0.3 is 5.97 Å². The number of para-hydroxylation sites is 1. The number of halogens is 1. The molecule has 0 aliphatic carbocycles. The summed E-state index contributed by atoms with van der Waals surface area (Å²) in [6.45, 7) is 9.69. The van der Waals surface area contributed by atoms with Gasteiger partial charge in [-0.2, -0.15) is 0 Å². The quantitative estimate of drug-likeness (QED) is 0.163. The highest BCUT2D eigenvalue weighted by molar-refractivity contribution is 5.94. The molecule has 5 heterocycles. The van der Waals surface area contributed by atoms with E-state index in [0.717, 1.165) is 72.4 Å². The zero-order valence-corrected chi connectivity index (χ0v) is 27.1. The molecule has 7 rings (SSSR count).